The Labute approximate surface area is 181 Å². The number of thioether (sulfide) groups is 1. The number of esters is 1. The number of hydrogen-bond donors (Lipinski definition) is 2. The van der Waals surface area contributed by atoms with Gasteiger partial charge in [-0.1, -0.05) is 19.1 Å². The Hall–Kier alpha value is -3.34. The molecule has 0 unspecified atom stereocenters. The van der Waals surface area contributed by atoms with Gasteiger partial charge in [0.2, 0.25) is 11.7 Å². The summed E-state index contributed by atoms with van der Waals surface area (Å²) in [6.45, 7) is 1.32. The number of nitrogens with one attached hydrogen (secondary N) is 1. The van der Waals surface area contributed by atoms with Crippen LogP contribution in [0.3, 0.4) is 0 Å². The van der Waals surface area contributed by atoms with Crippen LogP contribution in [0.2, 0.25) is 0 Å². The predicted octanol–water partition coefficient (Wildman–Crippen LogP) is 0.768. The van der Waals surface area contributed by atoms with Crippen LogP contribution < -0.4 is 22.3 Å². The fraction of sp³-hybridized carbons (Fsp3) is 0.350. The monoisotopic (exact) mass is 446 g/mol. The highest BCUT2D eigenvalue weighted by Gasteiger charge is 2.30. The fourth-order valence-corrected chi connectivity index (χ4v) is 4.24. The fourth-order valence-electron chi connectivity index (χ4n) is 3.14. The van der Waals surface area contributed by atoms with E-state index in [0.29, 0.717) is 12.1 Å². The molecule has 3 rings (SSSR count). The molecule has 0 saturated carbocycles. The number of nitrogens with zero attached hydrogens (tertiary/aromatic N) is 2. The van der Waals surface area contributed by atoms with E-state index in [4.69, 9.17) is 10.5 Å². The van der Waals surface area contributed by atoms with E-state index < -0.39 is 40.4 Å². The van der Waals surface area contributed by atoms with E-state index in [1.54, 1.807) is 12.1 Å². The van der Waals surface area contributed by atoms with Crippen molar-refractivity contribution in [3.05, 3.63) is 50.7 Å². The molecule has 0 fully saturated rings. The van der Waals surface area contributed by atoms with Gasteiger partial charge in [0.05, 0.1) is 17.4 Å². The normalized spacial score (nSPS) is 15.2. The number of fused-ring (bicyclic) bond motifs is 1. The summed E-state index contributed by atoms with van der Waals surface area (Å²) in [6.07, 6.45) is 0.316. The summed E-state index contributed by atoms with van der Waals surface area (Å²) in [4.78, 5) is 62.4. The van der Waals surface area contributed by atoms with Crippen LogP contribution >= 0.6 is 11.8 Å². The molecule has 1 atom stereocenters. The number of nitrogen functional groups attached to an aromatic ring is 1. The molecule has 2 aromatic rings. The molecule has 11 heteroatoms. The Bertz CT molecular complexity index is 1170. The number of benzene rings is 1. The maximum Gasteiger partial charge on any atom is 0.332 e. The molecule has 1 aliphatic heterocycles. The maximum atomic E-state index is 12.6. The van der Waals surface area contributed by atoms with E-state index in [-0.39, 0.29) is 24.7 Å². The van der Waals surface area contributed by atoms with Crippen LogP contribution in [0.15, 0.2) is 38.8 Å². The number of carbonyl (C=O) groups excluding carboxylic acids is 3. The van der Waals surface area contributed by atoms with Crippen LogP contribution in [0.4, 0.5) is 11.5 Å². The van der Waals surface area contributed by atoms with Crippen molar-refractivity contribution < 1.29 is 19.1 Å². The molecular formula is C20H22N4O6S. The Morgan fingerprint density at radius 3 is 2.65 bits per heavy atom. The number of nitrogens with two attached hydrogens (primary N) is 1. The third kappa shape index (κ3) is 4.55. The Kier molecular flexibility index (Phi) is 6.64. The van der Waals surface area contributed by atoms with Crippen LogP contribution in [-0.2, 0) is 27.9 Å². The molecule has 0 radical (unpaired) electrons. The minimum Gasteiger partial charge on any atom is -0.457 e. The van der Waals surface area contributed by atoms with Crippen molar-refractivity contribution in [1.29, 1.82) is 0 Å². The number of rotatable bonds is 7. The molecule has 2 heterocycles. The van der Waals surface area contributed by atoms with Gasteiger partial charge in [-0.25, -0.2) is 4.79 Å². The zero-order valence-electron chi connectivity index (χ0n) is 17.0. The molecule has 3 N–H and O–H groups in total. The number of hydrogen-bond acceptors (Lipinski definition) is 8. The minimum absolute atomic E-state index is 0.230. The van der Waals surface area contributed by atoms with Crippen LogP contribution in [0.5, 0.6) is 0 Å². The van der Waals surface area contributed by atoms with Gasteiger partial charge in [0, 0.05) is 18.5 Å². The van der Waals surface area contributed by atoms with Gasteiger partial charge in [-0.3, -0.25) is 28.3 Å². The molecule has 1 aromatic carbocycles. The highest BCUT2D eigenvalue weighted by Crippen LogP contribution is 2.36. The van der Waals surface area contributed by atoms with Crippen molar-refractivity contribution >= 4 is 40.9 Å². The number of Topliss-reactive ketones (excluding diaryl/α,β-unsaturated/α-hetero) is 1. The third-order valence-electron chi connectivity index (χ3n) is 4.73. The number of aromatic nitrogens is 2. The van der Waals surface area contributed by atoms with E-state index in [9.17, 15) is 24.0 Å². The second kappa shape index (κ2) is 9.21. The molecular weight excluding hydrogens is 424 g/mol. The lowest BCUT2D eigenvalue weighted by atomic mass is 10.2. The lowest BCUT2D eigenvalue weighted by Crippen LogP contribution is -2.43. The Balaban J connectivity index is 1.69. The average Bonchev–Trinajstić information content (AvgIpc) is 2.74. The molecule has 10 nitrogen and oxygen atoms in total. The maximum absolute atomic E-state index is 12.6. The number of para-hydroxylation sites is 1. The number of anilines is 2. The number of carbonyl (C=O) groups is 3. The van der Waals surface area contributed by atoms with Crippen LogP contribution in [0, 0.1) is 0 Å². The van der Waals surface area contributed by atoms with Crippen LogP contribution in [-0.4, -0.2) is 38.7 Å². The number of amides is 1. The molecule has 31 heavy (non-hydrogen) atoms. The van der Waals surface area contributed by atoms with Gasteiger partial charge in [-0.2, -0.15) is 0 Å². The van der Waals surface area contributed by atoms with Gasteiger partial charge in [0.1, 0.15) is 11.4 Å². The van der Waals surface area contributed by atoms with Crippen molar-refractivity contribution in [3.63, 3.8) is 0 Å². The highest BCUT2D eigenvalue weighted by molar-refractivity contribution is 8.01. The Morgan fingerprint density at radius 1 is 1.23 bits per heavy atom. The molecule has 1 aliphatic rings. The molecule has 0 saturated heterocycles. The number of ether oxygens (including phenoxy) is 1. The Morgan fingerprint density at radius 2 is 1.94 bits per heavy atom. The highest BCUT2D eigenvalue weighted by atomic mass is 32.2. The zero-order valence-corrected chi connectivity index (χ0v) is 17.9. The van der Waals surface area contributed by atoms with Crippen molar-refractivity contribution in [3.8, 4) is 0 Å². The quantitative estimate of drug-likeness (QED) is 0.469. The lowest BCUT2D eigenvalue weighted by molar-refractivity contribution is -0.143. The van der Waals surface area contributed by atoms with Gasteiger partial charge >= 0.3 is 11.7 Å². The first-order valence-corrected chi connectivity index (χ1v) is 10.5. The van der Waals surface area contributed by atoms with Gasteiger partial charge in [0.25, 0.3) is 5.56 Å². The summed E-state index contributed by atoms with van der Waals surface area (Å²) >= 11 is 1.23. The number of ketones is 1. The summed E-state index contributed by atoms with van der Waals surface area (Å²) in [5, 5.41) is 2.02. The van der Waals surface area contributed by atoms with Crippen LogP contribution in [0.25, 0.3) is 0 Å². The van der Waals surface area contributed by atoms with Crippen molar-refractivity contribution in [1.82, 2.24) is 9.13 Å². The summed E-state index contributed by atoms with van der Waals surface area (Å²) in [5.41, 5.74) is 4.68. The molecule has 0 bridgehead atoms. The topological polar surface area (TPSA) is 142 Å². The first-order valence-electron chi connectivity index (χ1n) is 9.59. The zero-order chi connectivity index (χ0) is 22.7. The molecule has 0 spiro atoms. The van der Waals surface area contributed by atoms with E-state index in [1.165, 1.54) is 18.8 Å². The molecule has 0 aliphatic carbocycles. The van der Waals surface area contributed by atoms with Crippen molar-refractivity contribution in [2.75, 3.05) is 17.7 Å². The van der Waals surface area contributed by atoms with E-state index in [0.717, 1.165) is 14.0 Å². The first kappa shape index (κ1) is 22.3. The summed E-state index contributed by atoms with van der Waals surface area (Å²) in [5.74, 6) is -2.17. The minimum atomic E-state index is -0.852. The van der Waals surface area contributed by atoms with Gasteiger partial charge < -0.3 is 15.8 Å². The summed E-state index contributed by atoms with van der Waals surface area (Å²) < 4.78 is 6.93. The van der Waals surface area contributed by atoms with Crippen molar-refractivity contribution in [2.45, 2.75) is 36.5 Å². The van der Waals surface area contributed by atoms with E-state index in [1.807, 2.05) is 19.1 Å². The third-order valence-corrected chi connectivity index (χ3v) is 6.01. The second-order valence-corrected chi connectivity index (χ2v) is 8.18. The summed E-state index contributed by atoms with van der Waals surface area (Å²) in [7, 11) is 1.25. The molecule has 1 amide bonds. The van der Waals surface area contributed by atoms with Gasteiger partial charge in [-0.05, 0) is 18.6 Å². The van der Waals surface area contributed by atoms with Gasteiger partial charge in [0.15, 0.2) is 6.61 Å². The van der Waals surface area contributed by atoms with Crippen molar-refractivity contribution in [2.24, 2.45) is 7.05 Å². The summed E-state index contributed by atoms with van der Waals surface area (Å²) in [6, 6.07) is 7.20. The molecule has 1 aromatic heterocycles. The SMILES string of the molecule is CCCn1c(N)c(C(=O)COC(=O)C[C@@H]2Sc3ccccc3NC2=O)c(=O)n(C)c1=O. The second-order valence-electron chi connectivity index (χ2n) is 6.94. The predicted molar refractivity (Wildman–Crippen MR) is 115 cm³/mol. The van der Waals surface area contributed by atoms with Crippen LogP contribution in [0.1, 0.15) is 30.1 Å². The smallest absolute Gasteiger partial charge is 0.332 e. The van der Waals surface area contributed by atoms with E-state index in [2.05, 4.69) is 5.32 Å². The van der Waals surface area contributed by atoms with Gasteiger partial charge in [-0.15, -0.1) is 11.8 Å². The standard InChI is InChI=1S/C20H22N4O6S/c1-3-8-24-17(21)16(19(28)23(2)20(24)29)12(25)10-30-15(26)9-14-18(27)22-11-6-4-5-7-13(11)31-14/h4-7,14H,3,8-10,21H2,1-2H3,(H,22,27)/t14-/m0/s1. The lowest BCUT2D eigenvalue weighted by Gasteiger charge is -2.23. The first-order chi connectivity index (χ1) is 14.7. The average molecular weight is 446 g/mol. The van der Waals surface area contributed by atoms with E-state index >= 15 is 0 Å². The largest absolute Gasteiger partial charge is 0.457 e. The molecule has 164 valence electrons.